The van der Waals surface area contributed by atoms with Crippen LogP contribution in [0, 0.1) is 12.3 Å². The number of nitrogens with zero attached hydrogens (tertiary/aromatic N) is 1. The van der Waals surface area contributed by atoms with E-state index in [4.69, 9.17) is 11.2 Å². The predicted molar refractivity (Wildman–Crippen MR) is 65.9 cm³/mol. The third-order valence-electron chi connectivity index (χ3n) is 2.78. The van der Waals surface area contributed by atoms with Gasteiger partial charge in [-0.2, -0.15) is 0 Å². The van der Waals surface area contributed by atoms with E-state index in [1.54, 1.807) is 12.4 Å². The van der Waals surface area contributed by atoms with Gasteiger partial charge < -0.3 is 10.1 Å². The van der Waals surface area contributed by atoms with Crippen molar-refractivity contribution in [2.24, 2.45) is 0 Å². The summed E-state index contributed by atoms with van der Waals surface area (Å²) in [6.07, 6.45) is 11.0. The van der Waals surface area contributed by atoms with E-state index in [1.807, 2.05) is 13.1 Å². The minimum Gasteiger partial charge on any atom is -0.490 e. The molecule has 0 spiro atoms. The second kappa shape index (κ2) is 5.20. The molecule has 0 amide bonds. The molecule has 2 rings (SSSR count). The van der Waals surface area contributed by atoms with Gasteiger partial charge in [-0.15, -0.1) is 18.8 Å². The summed E-state index contributed by atoms with van der Waals surface area (Å²) in [5, 5.41) is 3.27. The molecular weight excluding hydrogens is 224 g/mol. The summed E-state index contributed by atoms with van der Waals surface area (Å²) in [6, 6.07) is 1.83. The van der Waals surface area contributed by atoms with E-state index in [0.29, 0.717) is 6.61 Å². The van der Waals surface area contributed by atoms with Crippen LogP contribution < -0.4 is 10.1 Å². The molecule has 1 saturated carbocycles. The van der Waals surface area contributed by atoms with Crippen molar-refractivity contribution in [3.05, 3.63) is 24.0 Å². The first-order valence-electron chi connectivity index (χ1n) is 5.01. The number of likely N-dealkylation sites (N-methyl/N-ethyl adjacent to an activating group) is 1. The zero-order valence-corrected chi connectivity index (χ0v) is 10.0. The summed E-state index contributed by atoms with van der Waals surface area (Å²) in [7, 11) is 1.96. The highest BCUT2D eigenvalue weighted by atomic mass is 35.5. The van der Waals surface area contributed by atoms with Crippen molar-refractivity contribution in [2.45, 2.75) is 18.4 Å². The number of rotatable bonds is 4. The highest BCUT2D eigenvalue weighted by Crippen LogP contribution is 2.35. The number of hydrogen-bond donors (Lipinski definition) is 1. The second-order valence-corrected chi connectivity index (χ2v) is 3.87. The monoisotopic (exact) mass is 238 g/mol. The van der Waals surface area contributed by atoms with Crippen LogP contribution in [0.4, 0.5) is 0 Å². The van der Waals surface area contributed by atoms with Crippen molar-refractivity contribution in [3.8, 4) is 18.1 Å². The van der Waals surface area contributed by atoms with Crippen LogP contribution in [0.25, 0.3) is 0 Å². The van der Waals surface area contributed by atoms with Gasteiger partial charge in [-0.25, -0.2) is 0 Å². The summed E-state index contributed by atoms with van der Waals surface area (Å²) in [4.78, 5) is 4.01. The number of aromatic nitrogens is 1. The lowest BCUT2D eigenvalue weighted by Gasteiger charge is -2.14. The molecule has 0 atom stereocenters. The summed E-state index contributed by atoms with van der Waals surface area (Å²) < 4.78 is 5.65. The average Bonchev–Trinajstić information content (AvgIpc) is 3.07. The fourth-order valence-corrected chi connectivity index (χ4v) is 1.42. The van der Waals surface area contributed by atoms with E-state index in [1.165, 1.54) is 12.8 Å². The third kappa shape index (κ3) is 2.88. The maximum Gasteiger partial charge on any atom is 0.138 e. The Morgan fingerprint density at radius 1 is 1.56 bits per heavy atom. The number of halogens is 1. The maximum absolute atomic E-state index is 5.65. The number of hydrogen-bond acceptors (Lipinski definition) is 3. The lowest BCUT2D eigenvalue weighted by molar-refractivity contribution is 0.259. The highest BCUT2D eigenvalue weighted by molar-refractivity contribution is 5.85. The average molecular weight is 239 g/mol. The second-order valence-electron chi connectivity index (χ2n) is 3.87. The van der Waals surface area contributed by atoms with Crippen LogP contribution in [-0.4, -0.2) is 24.2 Å². The third-order valence-corrected chi connectivity index (χ3v) is 2.78. The largest absolute Gasteiger partial charge is 0.490 e. The Balaban J connectivity index is 0.00000128. The van der Waals surface area contributed by atoms with Gasteiger partial charge in [0, 0.05) is 11.8 Å². The molecule has 0 bridgehead atoms. The summed E-state index contributed by atoms with van der Waals surface area (Å²) in [5.74, 6) is 3.28. The summed E-state index contributed by atoms with van der Waals surface area (Å²) in [6.45, 7) is 0.680. The van der Waals surface area contributed by atoms with E-state index in [2.05, 4.69) is 16.2 Å². The molecule has 0 aromatic carbocycles. The molecule has 0 aliphatic heterocycles. The SMILES string of the molecule is C#Cc1cncc(OCC2(NC)CC2)c1.Cl. The molecule has 0 unspecified atom stereocenters. The van der Waals surface area contributed by atoms with Crippen molar-refractivity contribution in [2.75, 3.05) is 13.7 Å². The number of terminal acetylenes is 1. The minimum absolute atomic E-state index is 0. The first kappa shape index (κ1) is 12.8. The predicted octanol–water partition coefficient (Wildman–Crippen LogP) is 1.62. The standard InChI is InChI=1S/C12H14N2O.ClH/c1-3-10-6-11(8-14-7-10)15-9-12(13-2)4-5-12;/h1,6-8,13H,4-5,9H2,2H3;1H. The van der Waals surface area contributed by atoms with Gasteiger partial charge in [0.05, 0.1) is 11.7 Å². The van der Waals surface area contributed by atoms with Gasteiger partial charge in [-0.05, 0) is 26.0 Å². The summed E-state index contributed by atoms with van der Waals surface area (Å²) >= 11 is 0. The highest BCUT2D eigenvalue weighted by Gasteiger charge is 2.41. The first-order valence-corrected chi connectivity index (χ1v) is 5.01. The smallest absolute Gasteiger partial charge is 0.138 e. The van der Waals surface area contributed by atoms with Crippen LogP contribution >= 0.6 is 12.4 Å². The van der Waals surface area contributed by atoms with Crippen molar-refractivity contribution < 1.29 is 4.74 Å². The van der Waals surface area contributed by atoms with Gasteiger partial charge in [-0.1, -0.05) is 5.92 Å². The van der Waals surface area contributed by atoms with E-state index >= 15 is 0 Å². The van der Waals surface area contributed by atoms with Crippen LogP contribution in [0.5, 0.6) is 5.75 Å². The molecule has 86 valence electrons. The molecule has 3 nitrogen and oxygen atoms in total. The van der Waals surface area contributed by atoms with E-state index in [9.17, 15) is 0 Å². The van der Waals surface area contributed by atoms with E-state index in [-0.39, 0.29) is 17.9 Å². The molecule has 1 N–H and O–H groups in total. The summed E-state index contributed by atoms with van der Waals surface area (Å²) in [5.41, 5.74) is 0.938. The van der Waals surface area contributed by atoms with Gasteiger partial charge in [0.25, 0.3) is 0 Å². The minimum atomic E-state index is 0. The Bertz CT molecular complexity index is 396. The number of pyridine rings is 1. The number of ether oxygens (including phenoxy) is 1. The quantitative estimate of drug-likeness (QED) is 0.810. The molecule has 1 fully saturated rings. The van der Waals surface area contributed by atoms with Crippen LogP contribution in [-0.2, 0) is 0 Å². The topological polar surface area (TPSA) is 34.1 Å². The van der Waals surface area contributed by atoms with E-state index < -0.39 is 0 Å². The molecule has 1 heterocycles. The Hall–Kier alpha value is -1.24. The molecule has 4 heteroatoms. The zero-order chi connectivity index (χ0) is 10.7. The lowest BCUT2D eigenvalue weighted by Crippen LogP contribution is -2.33. The van der Waals surface area contributed by atoms with Crippen LogP contribution in [0.1, 0.15) is 18.4 Å². The fourth-order valence-electron chi connectivity index (χ4n) is 1.42. The van der Waals surface area contributed by atoms with E-state index in [0.717, 1.165) is 11.3 Å². The number of nitrogens with one attached hydrogen (secondary N) is 1. The lowest BCUT2D eigenvalue weighted by atomic mass is 10.3. The zero-order valence-electron chi connectivity index (χ0n) is 9.19. The van der Waals surface area contributed by atoms with Crippen molar-refractivity contribution in [3.63, 3.8) is 0 Å². The van der Waals surface area contributed by atoms with Crippen molar-refractivity contribution in [1.82, 2.24) is 10.3 Å². The van der Waals surface area contributed by atoms with Gasteiger partial charge in [-0.3, -0.25) is 4.98 Å². The molecular formula is C12H15ClN2O. The Labute approximate surface area is 102 Å². The maximum atomic E-state index is 5.65. The normalized spacial score (nSPS) is 15.8. The van der Waals surface area contributed by atoms with Gasteiger partial charge in [0.1, 0.15) is 12.4 Å². The molecule has 1 aromatic heterocycles. The van der Waals surface area contributed by atoms with Crippen LogP contribution in [0.15, 0.2) is 18.5 Å². The van der Waals surface area contributed by atoms with Gasteiger partial charge >= 0.3 is 0 Å². The van der Waals surface area contributed by atoms with Gasteiger partial charge in [0.2, 0.25) is 0 Å². The molecule has 16 heavy (non-hydrogen) atoms. The van der Waals surface area contributed by atoms with Gasteiger partial charge in [0.15, 0.2) is 0 Å². The first-order chi connectivity index (χ1) is 7.28. The Morgan fingerprint density at radius 2 is 2.31 bits per heavy atom. The van der Waals surface area contributed by atoms with Crippen molar-refractivity contribution >= 4 is 12.4 Å². The van der Waals surface area contributed by atoms with Crippen molar-refractivity contribution in [1.29, 1.82) is 0 Å². The Kier molecular flexibility index (Phi) is 4.17. The van der Waals surface area contributed by atoms with Crippen LogP contribution in [0.3, 0.4) is 0 Å². The van der Waals surface area contributed by atoms with Crippen LogP contribution in [0.2, 0.25) is 0 Å². The molecule has 1 aromatic rings. The fraction of sp³-hybridized carbons (Fsp3) is 0.417. The molecule has 1 aliphatic carbocycles. The molecule has 0 radical (unpaired) electrons. The Morgan fingerprint density at radius 3 is 2.88 bits per heavy atom. The molecule has 0 saturated heterocycles. The molecule has 1 aliphatic rings.